The molecular weight excluding hydrogens is 258 g/mol. The molecule has 0 radical (unpaired) electrons. The van der Waals surface area contributed by atoms with Crippen LogP contribution in [0.5, 0.6) is 0 Å². The van der Waals surface area contributed by atoms with Crippen molar-refractivity contribution in [3.8, 4) is 0 Å². The van der Waals surface area contributed by atoms with E-state index in [1.54, 1.807) is 19.2 Å². The largest absolute Gasteiger partial charge is 0.379 e. The van der Waals surface area contributed by atoms with E-state index in [0.29, 0.717) is 18.1 Å². The van der Waals surface area contributed by atoms with Gasteiger partial charge in [0.15, 0.2) is 5.69 Å². The Kier molecular flexibility index (Phi) is 5.69. The Morgan fingerprint density at radius 2 is 2.15 bits per heavy atom. The predicted octanol–water partition coefficient (Wildman–Crippen LogP) is -0.0296. The highest BCUT2D eigenvalue weighted by molar-refractivity contribution is 5.92. The molecule has 1 amide bonds. The number of rotatable bonds is 6. The molecule has 2 rings (SSSR count). The number of hydrogen-bond donors (Lipinski definition) is 2. The van der Waals surface area contributed by atoms with Gasteiger partial charge < -0.3 is 15.4 Å². The minimum absolute atomic E-state index is 0.179. The molecule has 0 bridgehead atoms. The van der Waals surface area contributed by atoms with Crippen molar-refractivity contribution in [2.24, 2.45) is 0 Å². The normalized spacial score (nSPS) is 15.8. The Morgan fingerprint density at radius 3 is 2.80 bits per heavy atom. The molecule has 0 aromatic carbocycles. The van der Waals surface area contributed by atoms with E-state index in [0.717, 1.165) is 39.3 Å². The second-order valence-electron chi connectivity index (χ2n) is 4.62. The number of aromatic nitrogens is 2. The lowest BCUT2D eigenvalue weighted by Crippen LogP contribution is -2.38. The lowest BCUT2D eigenvalue weighted by atomic mass is 10.3. The molecule has 7 nitrogen and oxygen atoms in total. The van der Waals surface area contributed by atoms with Crippen LogP contribution in [-0.2, 0) is 4.74 Å². The van der Waals surface area contributed by atoms with Crippen LogP contribution in [0.15, 0.2) is 12.1 Å². The summed E-state index contributed by atoms with van der Waals surface area (Å²) in [5, 5.41) is 13.5. The Bertz CT molecular complexity index is 417. The third kappa shape index (κ3) is 4.43. The van der Waals surface area contributed by atoms with Gasteiger partial charge in [0.25, 0.3) is 5.91 Å². The Labute approximate surface area is 118 Å². The Morgan fingerprint density at radius 1 is 1.35 bits per heavy atom. The van der Waals surface area contributed by atoms with Gasteiger partial charge in [-0.3, -0.25) is 9.69 Å². The second kappa shape index (κ2) is 7.76. The number of nitrogens with zero attached hydrogens (tertiary/aromatic N) is 3. The summed E-state index contributed by atoms with van der Waals surface area (Å²) in [5.74, 6) is 0.469. The lowest BCUT2D eigenvalue weighted by molar-refractivity contribution is 0.0374. The maximum absolute atomic E-state index is 11.8. The first kappa shape index (κ1) is 14.7. The van der Waals surface area contributed by atoms with Crippen LogP contribution >= 0.6 is 0 Å². The molecule has 0 spiro atoms. The van der Waals surface area contributed by atoms with Gasteiger partial charge in [-0.05, 0) is 25.1 Å². The van der Waals surface area contributed by atoms with E-state index in [-0.39, 0.29) is 5.91 Å². The summed E-state index contributed by atoms with van der Waals surface area (Å²) in [6, 6.07) is 3.39. The number of anilines is 1. The lowest BCUT2D eigenvalue weighted by Gasteiger charge is -2.26. The van der Waals surface area contributed by atoms with E-state index in [4.69, 9.17) is 4.74 Å². The van der Waals surface area contributed by atoms with Gasteiger partial charge >= 0.3 is 0 Å². The number of ether oxygens (including phenoxy) is 1. The fourth-order valence-electron chi connectivity index (χ4n) is 2.01. The quantitative estimate of drug-likeness (QED) is 0.712. The zero-order valence-electron chi connectivity index (χ0n) is 11.8. The molecule has 0 aliphatic carbocycles. The molecule has 1 aliphatic heterocycles. The van der Waals surface area contributed by atoms with Crippen LogP contribution < -0.4 is 10.6 Å². The summed E-state index contributed by atoms with van der Waals surface area (Å²) in [5.41, 5.74) is 0.343. The number of amides is 1. The molecule has 1 aliphatic rings. The van der Waals surface area contributed by atoms with Crippen molar-refractivity contribution in [1.29, 1.82) is 0 Å². The minimum Gasteiger partial charge on any atom is -0.379 e. The van der Waals surface area contributed by atoms with Crippen molar-refractivity contribution in [2.75, 3.05) is 51.8 Å². The van der Waals surface area contributed by atoms with E-state index < -0.39 is 0 Å². The number of nitrogens with one attached hydrogen (secondary N) is 2. The topological polar surface area (TPSA) is 79.4 Å². The van der Waals surface area contributed by atoms with Gasteiger partial charge in [0, 0.05) is 26.7 Å². The molecule has 110 valence electrons. The maximum atomic E-state index is 11.8. The van der Waals surface area contributed by atoms with E-state index in [9.17, 15) is 4.79 Å². The van der Waals surface area contributed by atoms with Crippen molar-refractivity contribution < 1.29 is 9.53 Å². The van der Waals surface area contributed by atoms with Crippen LogP contribution in [0, 0.1) is 0 Å². The molecule has 1 fully saturated rings. The molecule has 1 aromatic rings. The fourth-order valence-corrected chi connectivity index (χ4v) is 2.01. The van der Waals surface area contributed by atoms with Crippen LogP contribution in [0.1, 0.15) is 16.9 Å². The van der Waals surface area contributed by atoms with E-state index in [1.165, 1.54) is 0 Å². The average Bonchev–Trinajstić information content (AvgIpc) is 2.52. The van der Waals surface area contributed by atoms with Crippen LogP contribution in [0.2, 0.25) is 0 Å². The SMILES string of the molecule is CNc1ccc(C(=O)NCCCN2CCOCC2)nn1. The van der Waals surface area contributed by atoms with Crippen molar-refractivity contribution in [3.05, 3.63) is 17.8 Å². The monoisotopic (exact) mass is 279 g/mol. The molecule has 1 aromatic heterocycles. The zero-order chi connectivity index (χ0) is 14.2. The van der Waals surface area contributed by atoms with Crippen molar-refractivity contribution >= 4 is 11.7 Å². The summed E-state index contributed by atoms with van der Waals surface area (Å²) >= 11 is 0. The van der Waals surface area contributed by atoms with Crippen LogP contribution in [0.3, 0.4) is 0 Å². The summed E-state index contributed by atoms with van der Waals surface area (Å²) in [4.78, 5) is 14.2. The number of hydrogen-bond acceptors (Lipinski definition) is 6. The molecule has 7 heteroatoms. The highest BCUT2D eigenvalue weighted by atomic mass is 16.5. The average molecular weight is 279 g/mol. The first-order valence-corrected chi connectivity index (χ1v) is 6.89. The van der Waals surface area contributed by atoms with E-state index in [2.05, 4.69) is 25.7 Å². The van der Waals surface area contributed by atoms with Gasteiger partial charge in [0.2, 0.25) is 0 Å². The molecule has 0 saturated carbocycles. The van der Waals surface area contributed by atoms with Gasteiger partial charge in [-0.15, -0.1) is 10.2 Å². The van der Waals surface area contributed by atoms with Crippen LogP contribution in [0.4, 0.5) is 5.82 Å². The van der Waals surface area contributed by atoms with Crippen molar-refractivity contribution in [3.63, 3.8) is 0 Å². The minimum atomic E-state index is -0.179. The molecule has 20 heavy (non-hydrogen) atoms. The highest BCUT2D eigenvalue weighted by Gasteiger charge is 2.10. The van der Waals surface area contributed by atoms with Crippen LogP contribution in [0.25, 0.3) is 0 Å². The summed E-state index contributed by atoms with van der Waals surface area (Å²) < 4.78 is 5.29. The molecule has 0 unspecified atom stereocenters. The highest BCUT2D eigenvalue weighted by Crippen LogP contribution is 2.01. The first-order chi connectivity index (χ1) is 9.79. The summed E-state index contributed by atoms with van der Waals surface area (Å²) in [6.07, 6.45) is 0.924. The van der Waals surface area contributed by atoms with Gasteiger partial charge in [-0.1, -0.05) is 0 Å². The molecule has 2 heterocycles. The fraction of sp³-hybridized carbons (Fsp3) is 0.615. The van der Waals surface area contributed by atoms with Crippen molar-refractivity contribution in [1.82, 2.24) is 20.4 Å². The standard InChI is InChI=1S/C13H21N5O2/c1-14-12-4-3-11(16-17-12)13(19)15-5-2-6-18-7-9-20-10-8-18/h3-4H,2,5-10H2,1H3,(H,14,17)(H,15,19). The predicted molar refractivity (Wildman–Crippen MR) is 75.8 cm³/mol. The summed E-state index contributed by atoms with van der Waals surface area (Å²) in [6.45, 7) is 5.19. The second-order valence-corrected chi connectivity index (χ2v) is 4.62. The molecule has 0 atom stereocenters. The Balaban J connectivity index is 1.66. The number of morpholine rings is 1. The maximum Gasteiger partial charge on any atom is 0.271 e. The number of carbonyl (C=O) groups is 1. The van der Waals surface area contributed by atoms with Gasteiger partial charge in [0.05, 0.1) is 13.2 Å². The van der Waals surface area contributed by atoms with E-state index >= 15 is 0 Å². The molecule has 1 saturated heterocycles. The molecular formula is C13H21N5O2. The molecule has 2 N–H and O–H groups in total. The first-order valence-electron chi connectivity index (χ1n) is 6.89. The third-order valence-electron chi connectivity index (χ3n) is 3.19. The van der Waals surface area contributed by atoms with E-state index in [1.807, 2.05) is 0 Å². The number of carbonyl (C=O) groups excluding carboxylic acids is 1. The third-order valence-corrected chi connectivity index (χ3v) is 3.19. The summed E-state index contributed by atoms with van der Waals surface area (Å²) in [7, 11) is 1.76. The van der Waals surface area contributed by atoms with Gasteiger partial charge in [-0.25, -0.2) is 0 Å². The zero-order valence-corrected chi connectivity index (χ0v) is 11.8. The van der Waals surface area contributed by atoms with Gasteiger partial charge in [0.1, 0.15) is 5.82 Å². The smallest absolute Gasteiger partial charge is 0.271 e. The Hall–Kier alpha value is -1.73. The van der Waals surface area contributed by atoms with Gasteiger partial charge in [-0.2, -0.15) is 0 Å². The van der Waals surface area contributed by atoms with Crippen molar-refractivity contribution in [2.45, 2.75) is 6.42 Å². The van der Waals surface area contributed by atoms with Crippen LogP contribution in [-0.4, -0.2) is 67.4 Å².